The van der Waals surface area contributed by atoms with Crippen molar-refractivity contribution < 1.29 is 9.53 Å². The number of carbonyl (C=O) groups excluding carboxylic acids is 1. The van der Waals surface area contributed by atoms with Gasteiger partial charge in [-0.2, -0.15) is 0 Å². The molecule has 0 bridgehead atoms. The van der Waals surface area contributed by atoms with Gasteiger partial charge in [0.1, 0.15) is 0 Å². The summed E-state index contributed by atoms with van der Waals surface area (Å²) < 4.78 is 4.97. The molecule has 0 aliphatic heterocycles. The minimum Gasteiger partial charge on any atom is -0.385 e. The maximum atomic E-state index is 12.1. The molecule has 1 aliphatic rings. The highest BCUT2D eigenvalue weighted by Gasteiger charge is 2.36. The summed E-state index contributed by atoms with van der Waals surface area (Å²) in [7, 11) is 1.67. The number of nitrogens with one attached hydrogen (secondary N) is 2. The zero-order valence-electron chi connectivity index (χ0n) is 12.2. The van der Waals surface area contributed by atoms with Crippen molar-refractivity contribution in [1.29, 1.82) is 0 Å². The molecule has 4 heteroatoms. The Kier molecular flexibility index (Phi) is 5.41. The van der Waals surface area contributed by atoms with Gasteiger partial charge in [-0.1, -0.05) is 43.2 Å². The Labute approximate surface area is 120 Å². The first-order chi connectivity index (χ1) is 9.77. The fourth-order valence-corrected chi connectivity index (χ4v) is 2.90. The Balaban J connectivity index is 1.94. The van der Waals surface area contributed by atoms with Crippen LogP contribution in [0.4, 0.5) is 4.79 Å². The molecule has 0 spiro atoms. The number of amides is 2. The first-order valence-electron chi connectivity index (χ1n) is 7.37. The SMILES string of the molecule is COCCCNC(=O)NC1(c2ccccc2)CCCC1. The van der Waals surface area contributed by atoms with Gasteiger partial charge in [-0.05, 0) is 24.8 Å². The van der Waals surface area contributed by atoms with Crippen molar-refractivity contribution >= 4 is 6.03 Å². The Hall–Kier alpha value is -1.55. The lowest BCUT2D eigenvalue weighted by molar-refractivity contribution is 0.192. The number of urea groups is 1. The molecule has 2 amide bonds. The molecule has 1 aliphatic carbocycles. The van der Waals surface area contributed by atoms with E-state index in [1.165, 1.54) is 18.4 Å². The van der Waals surface area contributed by atoms with E-state index in [-0.39, 0.29) is 11.6 Å². The van der Waals surface area contributed by atoms with Gasteiger partial charge >= 0.3 is 6.03 Å². The van der Waals surface area contributed by atoms with Crippen LogP contribution >= 0.6 is 0 Å². The molecule has 0 heterocycles. The first kappa shape index (κ1) is 14.9. The lowest BCUT2D eigenvalue weighted by Gasteiger charge is -2.31. The second-order valence-corrected chi connectivity index (χ2v) is 5.38. The standard InChI is InChI=1S/C16H24N2O2/c1-20-13-7-12-17-15(19)18-16(10-5-6-11-16)14-8-3-2-4-9-14/h2-4,8-9H,5-7,10-13H2,1H3,(H2,17,18,19). The predicted molar refractivity (Wildman–Crippen MR) is 79.6 cm³/mol. The van der Waals surface area contributed by atoms with Crippen LogP contribution in [0.15, 0.2) is 30.3 Å². The summed E-state index contributed by atoms with van der Waals surface area (Å²) in [6.45, 7) is 1.31. The van der Waals surface area contributed by atoms with Gasteiger partial charge in [-0.15, -0.1) is 0 Å². The van der Waals surface area contributed by atoms with E-state index in [4.69, 9.17) is 4.74 Å². The van der Waals surface area contributed by atoms with Crippen LogP contribution in [-0.2, 0) is 10.3 Å². The molecule has 20 heavy (non-hydrogen) atoms. The molecule has 4 nitrogen and oxygen atoms in total. The monoisotopic (exact) mass is 276 g/mol. The Morgan fingerprint density at radius 1 is 1.25 bits per heavy atom. The highest BCUT2D eigenvalue weighted by Crippen LogP contribution is 2.38. The van der Waals surface area contributed by atoms with Crippen molar-refractivity contribution in [1.82, 2.24) is 10.6 Å². The lowest BCUT2D eigenvalue weighted by atomic mass is 9.88. The third-order valence-corrected chi connectivity index (χ3v) is 3.95. The van der Waals surface area contributed by atoms with Crippen LogP contribution in [0.1, 0.15) is 37.7 Å². The summed E-state index contributed by atoms with van der Waals surface area (Å²) in [5.74, 6) is 0. The molecule has 1 aromatic carbocycles. The Morgan fingerprint density at radius 2 is 1.95 bits per heavy atom. The predicted octanol–water partition coefficient (Wildman–Crippen LogP) is 2.79. The number of hydrogen-bond donors (Lipinski definition) is 2. The third-order valence-electron chi connectivity index (χ3n) is 3.95. The van der Waals surface area contributed by atoms with Crippen LogP contribution < -0.4 is 10.6 Å². The molecular weight excluding hydrogens is 252 g/mol. The summed E-state index contributed by atoms with van der Waals surface area (Å²) in [6, 6.07) is 10.2. The quantitative estimate of drug-likeness (QED) is 0.785. The first-order valence-corrected chi connectivity index (χ1v) is 7.37. The topological polar surface area (TPSA) is 50.4 Å². The van der Waals surface area contributed by atoms with E-state index in [2.05, 4.69) is 22.8 Å². The summed E-state index contributed by atoms with van der Waals surface area (Å²) >= 11 is 0. The molecule has 110 valence electrons. The molecule has 0 atom stereocenters. The fraction of sp³-hybridized carbons (Fsp3) is 0.562. The van der Waals surface area contributed by atoms with Gasteiger partial charge in [0.25, 0.3) is 0 Å². The maximum Gasteiger partial charge on any atom is 0.315 e. The van der Waals surface area contributed by atoms with E-state index in [1.807, 2.05) is 18.2 Å². The summed E-state index contributed by atoms with van der Waals surface area (Å²) in [5, 5.41) is 6.10. The number of hydrogen-bond acceptors (Lipinski definition) is 2. The molecule has 2 N–H and O–H groups in total. The van der Waals surface area contributed by atoms with Crippen LogP contribution in [0, 0.1) is 0 Å². The van der Waals surface area contributed by atoms with E-state index < -0.39 is 0 Å². The van der Waals surface area contributed by atoms with Gasteiger partial charge < -0.3 is 15.4 Å². The molecule has 2 rings (SSSR count). The Bertz CT molecular complexity index is 414. The normalized spacial score (nSPS) is 16.9. The van der Waals surface area contributed by atoms with Crippen molar-refractivity contribution in [2.75, 3.05) is 20.3 Å². The minimum absolute atomic E-state index is 0.0770. The number of methoxy groups -OCH3 is 1. The van der Waals surface area contributed by atoms with Crippen molar-refractivity contribution in [2.45, 2.75) is 37.6 Å². The average molecular weight is 276 g/mol. The highest BCUT2D eigenvalue weighted by atomic mass is 16.5. The van der Waals surface area contributed by atoms with Crippen LogP contribution in [0.3, 0.4) is 0 Å². The van der Waals surface area contributed by atoms with Crippen molar-refractivity contribution in [3.05, 3.63) is 35.9 Å². The lowest BCUT2D eigenvalue weighted by Crippen LogP contribution is -2.48. The van der Waals surface area contributed by atoms with Crippen LogP contribution in [-0.4, -0.2) is 26.3 Å². The molecular formula is C16H24N2O2. The van der Waals surface area contributed by atoms with Gasteiger partial charge in [0.15, 0.2) is 0 Å². The molecule has 0 radical (unpaired) electrons. The number of carbonyl (C=O) groups is 1. The third kappa shape index (κ3) is 3.73. The van der Waals surface area contributed by atoms with E-state index >= 15 is 0 Å². The summed E-state index contributed by atoms with van der Waals surface area (Å²) in [6.07, 6.45) is 5.20. The fourth-order valence-electron chi connectivity index (χ4n) is 2.90. The summed E-state index contributed by atoms with van der Waals surface area (Å²) in [5.41, 5.74) is 1.02. The largest absolute Gasteiger partial charge is 0.385 e. The van der Waals surface area contributed by atoms with Crippen molar-refractivity contribution in [2.24, 2.45) is 0 Å². The zero-order valence-corrected chi connectivity index (χ0v) is 12.2. The Morgan fingerprint density at radius 3 is 2.60 bits per heavy atom. The maximum absolute atomic E-state index is 12.1. The molecule has 0 saturated heterocycles. The number of benzene rings is 1. The van der Waals surface area contributed by atoms with Crippen LogP contribution in [0.5, 0.6) is 0 Å². The number of rotatable bonds is 6. The van der Waals surface area contributed by atoms with E-state index in [1.54, 1.807) is 7.11 Å². The second-order valence-electron chi connectivity index (χ2n) is 5.38. The second kappa shape index (κ2) is 7.29. The average Bonchev–Trinajstić information content (AvgIpc) is 2.94. The van der Waals surface area contributed by atoms with E-state index in [0.717, 1.165) is 19.3 Å². The molecule has 0 unspecified atom stereocenters. The number of ether oxygens (including phenoxy) is 1. The van der Waals surface area contributed by atoms with Gasteiger partial charge in [0, 0.05) is 20.3 Å². The smallest absolute Gasteiger partial charge is 0.315 e. The van der Waals surface area contributed by atoms with E-state index in [9.17, 15) is 4.79 Å². The van der Waals surface area contributed by atoms with E-state index in [0.29, 0.717) is 13.2 Å². The molecule has 1 aromatic rings. The molecule has 1 saturated carbocycles. The van der Waals surface area contributed by atoms with Crippen molar-refractivity contribution in [3.8, 4) is 0 Å². The van der Waals surface area contributed by atoms with Crippen LogP contribution in [0.2, 0.25) is 0 Å². The van der Waals surface area contributed by atoms with Gasteiger partial charge in [0.2, 0.25) is 0 Å². The highest BCUT2D eigenvalue weighted by molar-refractivity contribution is 5.75. The van der Waals surface area contributed by atoms with Crippen LogP contribution in [0.25, 0.3) is 0 Å². The minimum atomic E-state index is -0.188. The van der Waals surface area contributed by atoms with Gasteiger partial charge in [0.05, 0.1) is 5.54 Å². The molecule has 0 aromatic heterocycles. The van der Waals surface area contributed by atoms with Gasteiger partial charge in [-0.3, -0.25) is 0 Å². The van der Waals surface area contributed by atoms with Crippen molar-refractivity contribution in [3.63, 3.8) is 0 Å². The molecule has 1 fully saturated rings. The summed E-state index contributed by atoms with van der Waals surface area (Å²) in [4.78, 5) is 12.1. The zero-order chi connectivity index (χ0) is 14.3. The van der Waals surface area contributed by atoms with Gasteiger partial charge in [-0.25, -0.2) is 4.79 Å².